The largest absolute Gasteiger partial charge is 0.444 e. The van der Waals surface area contributed by atoms with Gasteiger partial charge in [0.15, 0.2) is 0 Å². The fourth-order valence-corrected chi connectivity index (χ4v) is 2.37. The molecule has 1 aliphatic rings. The van der Waals surface area contributed by atoms with Crippen LogP contribution in [-0.4, -0.2) is 67.3 Å². The molecule has 138 valence electrons. The highest BCUT2D eigenvalue weighted by atomic mass is 16.6. The summed E-state index contributed by atoms with van der Waals surface area (Å²) in [7, 11) is 2.11. The Balaban J connectivity index is 1.78. The van der Waals surface area contributed by atoms with Gasteiger partial charge in [0.25, 0.3) is 0 Å². The smallest absolute Gasteiger partial charge is 0.408 e. The molecular formula is C17H27N5O3. The normalized spacial score (nSPS) is 15.6. The molecule has 1 aromatic rings. The van der Waals surface area contributed by atoms with Gasteiger partial charge in [-0.2, -0.15) is 0 Å². The van der Waals surface area contributed by atoms with Gasteiger partial charge >= 0.3 is 6.09 Å². The number of hydrogen-bond donors (Lipinski definition) is 2. The van der Waals surface area contributed by atoms with Gasteiger partial charge in [-0.1, -0.05) is 0 Å². The van der Waals surface area contributed by atoms with Gasteiger partial charge in [-0.25, -0.2) is 9.78 Å². The van der Waals surface area contributed by atoms with E-state index in [-0.39, 0.29) is 12.5 Å². The van der Waals surface area contributed by atoms with Crippen molar-refractivity contribution in [2.75, 3.05) is 50.0 Å². The molecule has 2 N–H and O–H groups in total. The Kier molecular flexibility index (Phi) is 6.19. The first-order valence-electron chi connectivity index (χ1n) is 8.39. The fourth-order valence-electron chi connectivity index (χ4n) is 2.37. The van der Waals surface area contributed by atoms with Crippen LogP contribution in [0, 0.1) is 0 Å². The van der Waals surface area contributed by atoms with Crippen molar-refractivity contribution in [3.05, 3.63) is 18.3 Å². The van der Waals surface area contributed by atoms with Crippen molar-refractivity contribution in [1.29, 1.82) is 0 Å². The number of anilines is 2. The van der Waals surface area contributed by atoms with E-state index in [9.17, 15) is 9.59 Å². The van der Waals surface area contributed by atoms with Crippen LogP contribution in [0.1, 0.15) is 20.8 Å². The predicted octanol–water partition coefficient (Wildman–Crippen LogP) is 1.30. The Bertz CT molecular complexity index is 589. The van der Waals surface area contributed by atoms with E-state index in [0.717, 1.165) is 31.9 Å². The minimum Gasteiger partial charge on any atom is -0.444 e. The number of rotatable bonds is 4. The molecule has 0 unspecified atom stereocenters. The molecule has 0 atom stereocenters. The number of ether oxygens (including phenoxy) is 1. The van der Waals surface area contributed by atoms with Gasteiger partial charge in [0, 0.05) is 26.2 Å². The molecule has 0 aromatic carbocycles. The number of likely N-dealkylation sites (N-methyl/N-ethyl adjacent to an activating group) is 1. The molecule has 2 heterocycles. The molecule has 8 heteroatoms. The molecular weight excluding hydrogens is 322 g/mol. The molecule has 8 nitrogen and oxygen atoms in total. The zero-order chi connectivity index (χ0) is 18.4. The van der Waals surface area contributed by atoms with Crippen LogP contribution in [0.4, 0.5) is 16.3 Å². The number of pyridine rings is 1. The minimum absolute atomic E-state index is 0.170. The van der Waals surface area contributed by atoms with Crippen LogP contribution in [0.2, 0.25) is 0 Å². The molecule has 0 spiro atoms. The van der Waals surface area contributed by atoms with E-state index in [2.05, 4.69) is 32.5 Å². The van der Waals surface area contributed by atoms with Crippen LogP contribution >= 0.6 is 0 Å². The number of nitrogens with zero attached hydrogens (tertiary/aromatic N) is 3. The van der Waals surface area contributed by atoms with Crippen molar-refractivity contribution < 1.29 is 14.3 Å². The number of carbonyl (C=O) groups is 2. The van der Waals surface area contributed by atoms with Crippen molar-refractivity contribution in [3.8, 4) is 0 Å². The SMILES string of the molecule is CN1CCN(c2ccc(NC(=O)CNC(=O)OC(C)(C)C)nc2)CC1. The molecule has 2 amide bonds. The van der Waals surface area contributed by atoms with Crippen LogP contribution in [0.25, 0.3) is 0 Å². The number of nitrogens with one attached hydrogen (secondary N) is 2. The summed E-state index contributed by atoms with van der Waals surface area (Å²) < 4.78 is 5.07. The summed E-state index contributed by atoms with van der Waals surface area (Å²) in [5.41, 5.74) is 0.444. The summed E-state index contributed by atoms with van der Waals surface area (Å²) in [5.74, 6) is 0.0968. The Morgan fingerprint density at radius 3 is 2.44 bits per heavy atom. The third kappa shape index (κ3) is 6.58. The molecule has 0 bridgehead atoms. The van der Waals surface area contributed by atoms with Crippen LogP contribution in [0.5, 0.6) is 0 Å². The maximum absolute atomic E-state index is 11.9. The van der Waals surface area contributed by atoms with Gasteiger partial charge in [-0.05, 0) is 40.0 Å². The van der Waals surface area contributed by atoms with Crippen molar-refractivity contribution in [3.63, 3.8) is 0 Å². The number of carbonyl (C=O) groups excluding carboxylic acids is 2. The van der Waals surface area contributed by atoms with E-state index in [1.165, 1.54) is 0 Å². The zero-order valence-corrected chi connectivity index (χ0v) is 15.3. The summed E-state index contributed by atoms with van der Waals surface area (Å²) in [4.78, 5) is 32.2. The number of alkyl carbamates (subject to hydrolysis) is 1. The van der Waals surface area contributed by atoms with Gasteiger partial charge in [-0.3, -0.25) is 4.79 Å². The highest BCUT2D eigenvalue weighted by Gasteiger charge is 2.17. The Morgan fingerprint density at radius 1 is 1.20 bits per heavy atom. The number of amides is 2. The first kappa shape index (κ1) is 19.0. The van der Waals surface area contributed by atoms with Crippen molar-refractivity contribution in [1.82, 2.24) is 15.2 Å². The summed E-state index contributed by atoms with van der Waals surface area (Å²) in [6.07, 6.45) is 1.13. The van der Waals surface area contributed by atoms with Crippen molar-refractivity contribution in [2.24, 2.45) is 0 Å². The highest BCUT2D eigenvalue weighted by Crippen LogP contribution is 2.16. The second-order valence-corrected chi connectivity index (χ2v) is 7.10. The van der Waals surface area contributed by atoms with E-state index in [0.29, 0.717) is 5.82 Å². The van der Waals surface area contributed by atoms with Gasteiger partial charge < -0.3 is 25.2 Å². The van der Waals surface area contributed by atoms with Gasteiger partial charge in [-0.15, -0.1) is 0 Å². The molecule has 25 heavy (non-hydrogen) atoms. The Labute approximate surface area is 148 Å². The van der Waals surface area contributed by atoms with Crippen molar-refractivity contribution >= 4 is 23.5 Å². The van der Waals surface area contributed by atoms with Crippen LogP contribution in [0.3, 0.4) is 0 Å². The monoisotopic (exact) mass is 349 g/mol. The average molecular weight is 349 g/mol. The fraction of sp³-hybridized carbons (Fsp3) is 0.588. The van der Waals surface area contributed by atoms with Crippen LogP contribution in [0.15, 0.2) is 18.3 Å². The lowest BCUT2D eigenvalue weighted by molar-refractivity contribution is -0.115. The van der Waals surface area contributed by atoms with Gasteiger partial charge in [0.1, 0.15) is 18.0 Å². The maximum atomic E-state index is 11.9. The second kappa shape index (κ2) is 8.15. The quantitative estimate of drug-likeness (QED) is 0.852. The van der Waals surface area contributed by atoms with Crippen LogP contribution < -0.4 is 15.5 Å². The average Bonchev–Trinajstić information content (AvgIpc) is 2.53. The van der Waals surface area contributed by atoms with E-state index >= 15 is 0 Å². The summed E-state index contributed by atoms with van der Waals surface area (Å²) >= 11 is 0. The molecule has 2 rings (SSSR count). The van der Waals surface area contributed by atoms with E-state index in [4.69, 9.17) is 4.74 Å². The molecule has 0 aliphatic carbocycles. The molecule has 1 aromatic heterocycles. The third-order valence-electron chi connectivity index (χ3n) is 3.68. The first-order valence-corrected chi connectivity index (χ1v) is 8.39. The predicted molar refractivity (Wildman–Crippen MR) is 96.8 cm³/mol. The first-order chi connectivity index (χ1) is 11.7. The van der Waals surface area contributed by atoms with E-state index in [1.807, 2.05) is 6.07 Å². The molecule has 1 aliphatic heterocycles. The second-order valence-electron chi connectivity index (χ2n) is 7.10. The van der Waals surface area contributed by atoms with E-state index < -0.39 is 11.7 Å². The van der Waals surface area contributed by atoms with Crippen LogP contribution in [-0.2, 0) is 9.53 Å². The lowest BCUT2D eigenvalue weighted by Gasteiger charge is -2.33. The minimum atomic E-state index is -0.624. The number of aromatic nitrogens is 1. The molecule has 1 saturated heterocycles. The third-order valence-corrected chi connectivity index (χ3v) is 3.68. The Morgan fingerprint density at radius 2 is 1.88 bits per heavy atom. The Hall–Kier alpha value is -2.35. The van der Waals surface area contributed by atoms with Gasteiger partial charge in [0.2, 0.25) is 5.91 Å². The van der Waals surface area contributed by atoms with E-state index in [1.54, 1.807) is 33.0 Å². The summed E-state index contributed by atoms with van der Waals surface area (Å²) in [6, 6.07) is 3.70. The van der Waals surface area contributed by atoms with Gasteiger partial charge in [0.05, 0.1) is 11.9 Å². The summed E-state index contributed by atoms with van der Waals surface area (Å²) in [5, 5.41) is 5.06. The number of piperazine rings is 1. The highest BCUT2D eigenvalue weighted by molar-refractivity contribution is 5.93. The topological polar surface area (TPSA) is 86.8 Å². The summed E-state index contributed by atoms with van der Waals surface area (Å²) in [6.45, 7) is 9.09. The lowest BCUT2D eigenvalue weighted by Crippen LogP contribution is -2.44. The molecule has 1 fully saturated rings. The zero-order valence-electron chi connectivity index (χ0n) is 15.3. The molecule has 0 saturated carbocycles. The standard InChI is InChI=1S/C17H27N5O3/c1-17(2,3)25-16(24)19-12-15(23)20-14-6-5-13(11-18-14)22-9-7-21(4)8-10-22/h5-6,11H,7-10,12H2,1-4H3,(H,19,24)(H,18,20,23). The van der Waals surface area contributed by atoms with Crippen molar-refractivity contribution in [2.45, 2.75) is 26.4 Å². The lowest BCUT2D eigenvalue weighted by atomic mass is 10.2. The number of hydrogen-bond acceptors (Lipinski definition) is 6. The maximum Gasteiger partial charge on any atom is 0.408 e. The molecule has 0 radical (unpaired) electrons.